The van der Waals surface area contributed by atoms with Gasteiger partial charge in [0.1, 0.15) is 0 Å². The van der Waals surface area contributed by atoms with Crippen LogP contribution in [0.25, 0.3) is 0 Å². The molecule has 0 bridgehead atoms. The molecule has 1 aromatic heterocycles. The van der Waals surface area contributed by atoms with Crippen LogP contribution >= 0.6 is 12.0 Å². The maximum Gasteiger partial charge on any atom is 0.337 e. The summed E-state index contributed by atoms with van der Waals surface area (Å²) < 4.78 is 4.62. The Morgan fingerprint density at radius 2 is 2.40 bits per heavy atom. The van der Waals surface area contributed by atoms with E-state index in [4.69, 9.17) is 5.11 Å². The zero-order valence-corrected chi connectivity index (χ0v) is 8.35. The number of aromatic carboxylic acids is 1. The van der Waals surface area contributed by atoms with E-state index in [9.17, 15) is 14.9 Å². The van der Waals surface area contributed by atoms with Gasteiger partial charge in [0.2, 0.25) is 5.03 Å². The molecule has 0 saturated carbocycles. The Kier molecular flexibility index (Phi) is 3.58. The lowest BCUT2D eigenvalue weighted by molar-refractivity contribution is -0.388. The third kappa shape index (κ3) is 2.64. The van der Waals surface area contributed by atoms with Gasteiger partial charge in [-0.15, -0.1) is 0 Å². The molecule has 8 heteroatoms. The summed E-state index contributed by atoms with van der Waals surface area (Å²) in [5.41, 5.74) is -0.621. The minimum absolute atomic E-state index is 0.0208. The van der Waals surface area contributed by atoms with Gasteiger partial charge in [-0.1, -0.05) is 0 Å². The summed E-state index contributed by atoms with van der Waals surface area (Å²) in [4.78, 5) is 24.0. The van der Waals surface area contributed by atoms with Gasteiger partial charge in [-0.05, 0) is 0 Å². The molecule has 0 aliphatic rings. The van der Waals surface area contributed by atoms with E-state index in [1.165, 1.54) is 7.11 Å². The Morgan fingerprint density at radius 1 is 1.73 bits per heavy atom. The zero-order valence-electron chi connectivity index (χ0n) is 7.54. The second kappa shape index (κ2) is 4.71. The van der Waals surface area contributed by atoms with Crippen molar-refractivity contribution in [3.63, 3.8) is 0 Å². The van der Waals surface area contributed by atoms with Gasteiger partial charge < -0.3 is 9.29 Å². The highest BCUT2D eigenvalue weighted by molar-refractivity contribution is 7.94. The first kappa shape index (κ1) is 11.4. The molecule has 1 aromatic rings. The standard InChI is InChI=1S/C7H6N2O5S/c1-14-15-6-5(9(12)13)2-4(3-8-6)7(10)11/h2-3H,1H3,(H,10,11). The van der Waals surface area contributed by atoms with Gasteiger partial charge in [0, 0.05) is 12.3 Å². The van der Waals surface area contributed by atoms with Crippen molar-refractivity contribution in [2.75, 3.05) is 7.11 Å². The van der Waals surface area contributed by atoms with E-state index in [2.05, 4.69) is 9.17 Å². The van der Waals surface area contributed by atoms with Crippen LogP contribution in [0.1, 0.15) is 10.4 Å². The number of hydrogen-bond acceptors (Lipinski definition) is 6. The monoisotopic (exact) mass is 230 g/mol. The maximum atomic E-state index is 10.6. The summed E-state index contributed by atoms with van der Waals surface area (Å²) in [5.74, 6) is -1.26. The lowest BCUT2D eigenvalue weighted by atomic mass is 10.3. The Balaban J connectivity index is 3.20. The minimum atomic E-state index is -1.26. The van der Waals surface area contributed by atoms with Crippen molar-refractivity contribution >= 4 is 23.7 Å². The number of pyridine rings is 1. The van der Waals surface area contributed by atoms with Gasteiger partial charge in [-0.3, -0.25) is 10.1 Å². The summed E-state index contributed by atoms with van der Waals surface area (Å²) in [6.07, 6.45) is 1.04. The molecule has 0 aromatic carbocycles. The van der Waals surface area contributed by atoms with Crippen LogP contribution in [0.5, 0.6) is 0 Å². The van der Waals surface area contributed by atoms with Gasteiger partial charge in [-0.25, -0.2) is 9.78 Å². The maximum absolute atomic E-state index is 10.6. The molecular weight excluding hydrogens is 224 g/mol. The van der Waals surface area contributed by atoms with Crippen LogP contribution in [-0.2, 0) is 4.18 Å². The van der Waals surface area contributed by atoms with Crippen LogP contribution in [-0.4, -0.2) is 28.1 Å². The van der Waals surface area contributed by atoms with Gasteiger partial charge in [0.25, 0.3) is 0 Å². The lowest BCUT2D eigenvalue weighted by Crippen LogP contribution is -2.01. The summed E-state index contributed by atoms with van der Waals surface area (Å²) in [6, 6.07) is 0.941. The Hall–Kier alpha value is -1.67. The highest BCUT2D eigenvalue weighted by Gasteiger charge is 2.19. The van der Waals surface area contributed by atoms with E-state index < -0.39 is 10.9 Å². The van der Waals surface area contributed by atoms with Crippen molar-refractivity contribution in [2.45, 2.75) is 5.03 Å². The Morgan fingerprint density at radius 3 is 2.87 bits per heavy atom. The number of aromatic nitrogens is 1. The molecule has 1 N–H and O–H groups in total. The lowest BCUT2D eigenvalue weighted by Gasteiger charge is -2.00. The van der Waals surface area contributed by atoms with E-state index in [0.717, 1.165) is 12.3 Å². The first-order valence-corrected chi connectivity index (χ1v) is 4.38. The summed E-state index contributed by atoms with van der Waals surface area (Å²) in [6.45, 7) is 0. The fourth-order valence-electron chi connectivity index (χ4n) is 0.832. The van der Waals surface area contributed by atoms with Crippen molar-refractivity contribution in [1.82, 2.24) is 4.98 Å². The first-order valence-electron chi connectivity index (χ1n) is 3.64. The topological polar surface area (TPSA) is 103 Å². The average Bonchev–Trinajstić information content (AvgIpc) is 2.18. The van der Waals surface area contributed by atoms with E-state index in [0.29, 0.717) is 12.0 Å². The van der Waals surface area contributed by atoms with E-state index in [1.807, 2.05) is 0 Å². The molecule has 0 aliphatic heterocycles. The second-order valence-electron chi connectivity index (χ2n) is 2.36. The number of carboxylic acid groups (broad SMARTS) is 1. The molecule has 0 radical (unpaired) electrons. The predicted octanol–water partition coefficient (Wildman–Crippen LogP) is 1.34. The van der Waals surface area contributed by atoms with Crippen molar-refractivity contribution in [2.24, 2.45) is 0 Å². The summed E-state index contributed by atoms with van der Waals surface area (Å²) in [5, 5.41) is 19.2. The molecule has 1 rings (SSSR count). The van der Waals surface area contributed by atoms with Crippen molar-refractivity contribution in [3.05, 3.63) is 27.9 Å². The number of carbonyl (C=O) groups is 1. The van der Waals surface area contributed by atoms with Crippen LogP contribution in [0.2, 0.25) is 0 Å². The van der Waals surface area contributed by atoms with Crippen LogP contribution < -0.4 is 0 Å². The number of nitro groups is 1. The van der Waals surface area contributed by atoms with E-state index in [1.54, 1.807) is 0 Å². The molecule has 0 saturated heterocycles. The summed E-state index contributed by atoms with van der Waals surface area (Å²) in [7, 11) is 1.33. The van der Waals surface area contributed by atoms with E-state index in [-0.39, 0.29) is 16.3 Å². The second-order valence-corrected chi connectivity index (χ2v) is 3.25. The molecule has 0 amide bonds. The molecule has 15 heavy (non-hydrogen) atoms. The van der Waals surface area contributed by atoms with Gasteiger partial charge in [0.15, 0.2) is 0 Å². The van der Waals surface area contributed by atoms with Crippen molar-refractivity contribution in [3.8, 4) is 0 Å². The van der Waals surface area contributed by atoms with Crippen LogP contribution in [0, 0.1) is 10.1 Å². The third-order valence-electron chi connectivity index (χ3n) is 1.44. The molecule has 7 nitrogen and oxygen atoms in total. The van der Waals surface area contributed by atoms with Gasteiger partial charge in [0.05, 0.1) is 29.6 Å². The van der Waals surface area contributed by atoms with Crippen LogP contribution in [0.3, 0.4) is 0 Å². The normalized spacial score (nSPS) is 9.93. The van der Waals surface area contributed by atoms with Crippen molar-refractivity contribution < 1.29 is 19.0 Å². The molecule has 0 aliphatic carbocycles. The number of rotatable bonds is 4. The van der Waals surface area contributed by atoms with Crippen LogP contribution in [0.4, 0.5) is 5.69 Å². The fraction of sp³-hybridized carbons (Fsp3) is 0.143. The molecule has 0 spiro atoms. The highest BCUT2D eigenvalue weighted by Crippen LogP contribution is 2.27. The SMILES string of the molecule is COSc1ncc(C(=O)O)cc1[N+](=O)[O-]. The smallest absolute Gasteiger partial charge is 0.337 e. The first-order chi connectivity index (χ1) is 7.06. The van der Waals surface area contributed by atoms with E-state index >= 15 is 0 Å². The molecule has 1 heterocycles. The zero-order chi connectivity index (χ0) is 11.4. The molecular formula is C7H6N2O5S. The van der Waals surface area contributed by atoms with Crippen LogP contribution in [0.15, 0.2) is 17.3 Å². The Labute approximate surface area is 88.4 Å². The Bertz CT molecular complexity index is 408. The minimum Gasteiger partial charge on any atom is -0.478 e. The number of carboxylic acids is 1. The molecule has 0 atom stereocenters. The molecule has 80 valence electrons. The quantitative estimate of drug-likeness (QED) is 0.473. The third-order valence-corrected chi connectivity index (χ3v) is 2.08. The highest BCUT2D eigenvalue weighted by atomic mass is 32.2. The average molecular weight is 230 g/mol. The van der Waals surface area contributed by atoms with Crippen molar-refractivity contribution in [1.29, 1.82) is 0 Å². The largest absolute Gasteiger partial charge is 0.478 e. The fourth-order valence-corrected chi connectivity index (χ4v) is 1.30. The molecule has 0 fully saturated rings. The number of hydrogen-bond donors (Lipinski definition) is 1. The van der Waals surface area contributed by atoms with Gasteiger partial charge >= 0.3 is 11.7 Å². The number of nitrogens with zero attached hydrogens (tertiary/aromatic N) is 2. The predicted molar refractivity (Wildman–Crippen MR) is 50.7 cm³/mol. The van der Waals surface area contributed by atoms with Gasteiger partial charge in [-0.2, -0.15) is 0 Å². The molecule has 0 unspecified atom stereocenters. The summed E-state index contributed by atoms with van der Waals surface area (Å²) >= 11 is 0.705.